The van der Waals surface area contributed by atoms with Gasteiger partial charge in [-0.3, -0.25) is 10.2 Å². The Balaban J connectivity index is 2.05. The summed E-state index contributed by atoms with van der Waals surface area (Å²) in [5.74, 6) is 5.58. The molecule has 0 aliphatic heterocycles. The van der Waals surface area contributed by atoms with Crippen LogP contribution in [-0.2, 0) is 12.0 Å². The predicted molar refractivity (Wildman–Crippen MR) is 121 cm³/mol. The van der Waals surface area contributed by atoms with Crippen LogP contribution in [0.1, 0.15) is 56.6 Å². The number of nitrogens with zero attached hydrogens (tertiary/aromatic N) is 3. The van der Waals surface area contributed by atoms with Crippen LogP contribution in [0.4, 0.5) is 4.39 Å². The van der Waals surface area contributed by atoms with Crippen molar-refractivity contribution in [1.29, 1.82) is 0 Å². The minimum atomic E-state index is -0.320. The molecular weight excluding hydrogens is 397 g/mol. The summed E-state index contributed by atoms with van der Waals surface area (Å²) in [5, 5.41) is 7.25. The van der Waals surface area contributed by atoms with Gasteiger partial charge in [0.2, 0.25) is 5.43 Å². The largest absolute Gasteiger partial charge is 0.488 e. The third kappa shape index (κ3) is 5.13. The molecule has 0 unspecified atom stereocenters. The Bertz CT molecular complexity index is 996. The lowest BCUT2D eigenvalue weighted by molar-refractivity contribution is 0.299. The summed E-state index contributed by atoms with van der Waals surface area (Å²) in [5.41, 5.74) is 3.25. The maximum absolute atomic E-state index is 14.0. The first-order valence-corrected chi connectivity index (χ1v) is 10.7. The van der Waals surface area contributed by atoms with E-state index in [1.54, 1.807) is 24.5 Å². The van der Waals surface area contributed by atoms with Crippen molar-refractivity contribution < 1.29 is 9.13 Å². The van der Waals surface area contributed by atoms with E-state index in [4.69, 9.17) is 10.6 Å². The number of aromatic nitrogens is 1. The molecule has 1 saturated carbocycles. The van der Waals surface area contributed by atoms with Gasteiger partial charge in [-0.15, -0.1) is 0 Å². The molecule has 1 aromatic carbocycles. The number of pyridine rings is 1. The van der Waals surface area contributed by atoms with Crippen LogP contribution in [0.25, 0.3) is 0 Å². The highest BCUT2D eigenvalue weighted by molar-refractivity contribution is 5.98. The fourth-order valence-corrected chi connectivity index (χ4v) is 4.28. The number of nitrogens with two attached hydrogens (primary N) is 1. The Morgan fingerprint density at radius 2 is 2.13 bits per heavy atom. The molecule has 3 N–H and O–H groups in total. The molecule has 166 valence electrons. The second kappa shape index (κ2) is 10.2. The van der Waals surface area contributed by atoms with Crippen molar-refractivity contribution in [3.8, 4) is 5.75 Å². The van der Waals surface area contributed by atoms with Crippen LogP contribution in [0.3, 0.4) is 0 Å². The maximum Gasteiger partial charge on any atom is 0.234 e. The molecule has 1 aromatic heterocycles. The van der Waals surface area contributed by atoms with Crippen LogP contribution in [0, 0.1) is 5.82 Å². The van der Waals surface area contributed by atoms with Gasteiger partial charge < -0.3 is 15.1 Å². The molecule has 0 saturated heterocycles. The maximum atomic E-state index is 14.0. The van der Waals surface area contributed by atoms with E-state index in [0.717, 1.165) is 44.1 Å². The second-order valence-corrected chi connectivity index (χ2v) is 7.99. The predicted octanol–water partition coefficient (Wildman–Crippen LogP) is 3.50. The summed E-state index contributed by atoms with van der Waals surface area (Å²) in [6.45, 7) is 6.45. The monoisotopic (exact) mass is 427 g/mol. The number of rotatable bonds is 9. The van der Waals surface area contributed by atoms with Gasteiger partial charge in [-0.25, -0.2) is 4.39 Å². The highest BCUT2D eigenvalue weighted by Crippen LogP contribution is 2.42. The van der Waals surface area contributed by atoms with Crippen molar-refractivity contribution in [2.24, 2.45) is 16.0 Å². The van der Waals surface area contributed by atoms with Crippen LogP contribution in [-0.4, -0.2) is 23.7 Å². The fraction of sp³-hybridized carbons (Fsp3) is 0.435. The van der Waals surface area contributed by atoms with Crippen molar-refractivity contribution in [2.75, 3.05) is 6.61 Å². The van der Waals surface area contributed by atoms with Gasteiger partial charge in [-0.05, 0) is 37.0 Å². The number of benzene rings is 1. The molecule has 8 heteroatoms. The summed E-state index contributed by atoms with van der Waals surface area (Å²) in [4.78, 5) is 13.0. The van der Waals surface area contributed by atoms with Crippen molar-refractivity contribution >= 4 is 12.6 Å². The van der Waals surface area contributed by atoms with E-state index in [1.807, 2.05) is 10.6 Å². The van der Waals surface area contributed by atoms with E-state index in [-0.39, 0.29) is 33.8 Å². The van der Waals surface area contributed by atoms with Gasteiger partial charge in [0.1, 0.15) is 5.82 Å². The zero-order valence-electron chi connectivity index (χ0n) is 17.9. The van der Waals surface area contributed by atoms with E-state index in [1.165, 1.54) is 6.07 Å². The van der Waals surface area contributed by atoms with Crippen LogP contribution >= 0.6 is 0 Å². The van der Waals surface area contributed by atoms with Gasteiger partial charge in [-0.1, -0.05) is 38.3 Å². The number of halogens is 1. The van der Waals surface area contributed by atoms with Gasteiger partial charge in [0, 0.05) is 24.9 Å². The minimum Gasteiger partial charge on any atom is -0.488 e. The average molecular weight is 428 g/mol. The second-order valence-electron chi connectivity index (χ2n) is 7.99. The molecule has 2 aromatic rings. The van der Waals surface area contributed by atoms with Crippen LogP contribution in [0.2, 0.25) is 0 Å². The smallest absolute Gasteiger partial charge is 0.234 e. The first-order valence-electron chi connectivity index (χ1n) is 10.7. The normalized spacial score (nSPS) is 15.6. The van der Waals surface area contributed by atoms with Crippen molar-refractivity contribution in [3.63, 3.8) is 0 Å². The van der Waals surface area contributed by atoms with Gasteiger partial charge in [-0.2, -0.15) is 10.2 Å². The van der Waals surface area contributed by atoms with Crippen molar-refractivity contribution in [1.82, 2.24) is 9.99 Å². The zero-order valence-corrected chi connectivity index (χ0v) is 17.9. The molecule has 0 radical (unpaired) electrons. The molecular formula is C23H30FN5O2. The molecule has 1 heterocycles. The Hall–Kier alpha value is -3.16. The van der Waals surface area contributed by atoms with E-state index in [2.05, 4.69) is 29.3 Å². The number of hydrogen-bond acceptors (Lipinski definition) is 5. The van der Waals surface area contributed by atoms with E-state index < -0.39 is 0 Å². The van der Waals surface area contributed by atoms with Gasteiger partial charge >= 0.3 is 0 Å². The molecule has 0 amide bonds. The molecule has 1 aliphatic carbocycles. The first kappa shape index (κ1) is 22.5. The molecule has 0 atom stereocenters. The van der Waals surface area contributed by atoms with Crippen molar-refractivity contribution in [3.05, 3.63) is 63.8 Å². The third-order valence-corrected chi connectivity index (χ3v) is 5.85. The van der Waals surface area contributed by atoms with Gasteiger partial charge in [0.15, 0.2) is 11.6 Å². The van der Waals surface area contributed by atoms with E-state index in [9.17, 15) is 9.18 Å². The third-order valence-electron chi connectivity index (χ3n) is 5.85. The number of hydrazone groups is 2. The lowest BCUT2D eigenvalue weighted by Gasteiger charge is -2.31. The molecule has 1 aliphatic rings. The average Bonchev–Trinajstić information content (AvgIpc) is 3.24. The minimum absolute atomic E-state index is 0.112. The number of unbranched alkanes of at least 4 members (excludes halogenated alkanes) is 1. The molecule has 0 bridgehead atoms. The number of nitrogens with one attached hydrogen (secondary N) is 1. The van der Waals surface area contributed by atoms with E-state index in [0.29, 0.717) is 13.2 Å². The topological polar surface area (TPSA) is 94.0 Å². The molecule has 7 nitrogen and oxygen atoms in total. The summed E-state index contributed by atoms with van der Waals surface area (Å²) >= 11 is 0. The summed E-state index contributed by atoms with van der Waals surface area (Å²) in [7, 11) is 0. The first-order chi connectivity index (χ1) is 15.0. The SMILES string of the molecule is C=NN/C(=N\N)c1cn(CC2(c3cccc(F)c3)CCCC2)cc(OCCCC)c1=O. The number of ether oxygens (including phenoxy) is 1. The highest BCUT2D eigenvalue weighted by Gasteiger charge is 2.36. The number of hydrogen-bond donors (Lipinski definition) is 2. The van der Waals surface area contributed by atoms with Crippen LogP contribution in [0.5, 0.6) is 5.75 Å². The van der Waals surface area contributed by atoms with Crippen LogP contribution < -0.4 is 21.4 Å². The summed E-state index contributed by atoms with van der Waals surface area (Å²) in [6, 6.07) is 6.80. The Labute approximate surface area is 181 Å². The van der Waals surface area contributed by atoms with E-state index >= 15 is 0 Å². The highest BCUT2D eigenvalue weighted by atomic mass is 19.1. The molecule has 0 spiro atoms. The molecule has 3 rings (SSSR count). The van der Waals surface area contributed by atoms with Gasteiger partial charge in [0.05, 0.1) is 18.4 Å². The lowest BCUT2D eigenvalue weighted by atomic mass is 9.78. The summed E-state index contributed by atoms with van der Waals surface area (Å²) in [6.07, 6.45) is 9.22. The summed E-state index contributed by atoms with van der Waals surface area (Å²) < 4.78 is 21.7. The number of amidine groups is 1. The Kier molecular flexibility index (Phi) is 7.44. The lowest BCUT2D eigenvalue weighted by Crippen LogP contribution is -2.32. The van der Waals surface area contributed by atoms with Gasteiger partial charge in [0.25, 0.3) is 0 Å². The molecule has 1 fully saturated rings. The quantitative estimate of drug-likeness (QED) is 0.211. The van der Waals surface area contributed by atoms with Crippen LogP contribution in [0.15, 0.2) is 51.7 Å². The fourth-order valence-electron chi connectivity index (χ4n) is 4.28. The standard InChI is InChI=1S/C23H30FN5O2/c1-3-4-12-31-20-15-29(14-19(21(20)30)22(27-25)28-26-2)16-23(10-5-6-11-23)17-8-7-9-18(24)13-17/h7-9,13-15H,2-6,10-12,16,25H2,1H3,(H,27,28). The Morgan fingerprint density at radius 3 is 2.77 bits per heavy atom. The Morgan fingerprint density at radius 1 is 1.35 bits per heavy atom. The van der Waals surface area contributed by atoms with Crippen molar-refractivity contribution in [2.45, 2.75) is 57.4 Å². The molecule has 31 heavy (non-hydrogen) atoms. The zero-order chi connectivity index (χ0) is 22.3.